The largest absolute Gasteiger partial charge is 0.462 e. The highest BCUT2D eigenvalue weighted by atomic mass is 16.9. The molecule has 0 aliphatic carbocycles. The van der Waals surface area contributed by atoms with Crippen molar-refractivity contribution in [2.75, 3.05) is 6.61 Å². The Morgan fingerprint density at radius 2 is 1.36 bits per heavy atom. The highest BCUT2D eigenvalue weighted by molar-refractivity contribution is 5.81. The second-order valence-corrected chi connectivity index (χ2v) is 14.8. The van der Waals surface area contributed by atoms with Gasteiger partial charge in [0.2, 0.25) is 0 Å². The molecule has 17 heteroatoms. The maximum Gasteiger partial charge on any atom is 0.341 e. The van der Waals surface area contributed by atoms with Gasteiger partial charge in [0.1, 0.15) is 42.7 Å². The summed E-state index contributed by atoms with van der Waals surface area (Å²) in [5.41, 5.74) is -3.51. The summed E-state index contributed by atoms with van der Waals surface area (Å²) in [7, 11) is 0. The Morgan fingerprint density at radius 1 is 0.780 bits per heavy atom. The summed E-state index contributed by atoms with van der Waals surface area (Å²) in [6.45, 7) is 15.4. The van der Waals surface area contributed by atoms with Crippen LogP contribution in [0.2, 0.25) is 0 Å². The first-order chi connectivity index (χ1) is 22.9. The summed E-state index contributed by atoms with van der Waals surface area (Å²) in [6.07, 6.45) is -13.0. The van der Waals surface area contributed by atoms with Gasteiger partial charge in [0.25, 0.3) is 0 Å². The van der Waals surface area contributed by atoms with E-state index in [9.17, 15) is 29.1 Å². The van der Waals surface area contributed by atoms with E-state index < -0.39 is 127 Å². The number of hydrogen-bond acceptors (Lipinski definition) is 17. The number of carbonyl (C=O) groups excluding carboxylic acids is 5. The predicted molar refractivity (Wildman–Crippen MR) is 165 cm³/mol. The fourth-order valence-corrected chi connectivity index (χ4v) is 6.68. The monoisotopic (exact) mass is 718 g/mol. The third-order valence-electron chi connectivity index (χ3n) is 8.28. The number of hydrogen-bond donors (Lipinski definition) is 1. The molecule has 0 saturated carbocycles. The van der Waals surface area contributed by atoms with Gasteiger partial charge in [0.05, 0.1) is 12.2 Å². The summed E-state index contributed by atoms with van der Waals surface area (Å²) in [5, 5.41) is 12.2. The SMILES string of the molecule is CC(=O)OC[C@@H](OC(C)=O)[C@H]1O[C@](C(=O)OC(C)(C)C)(C(O)C[C@H]2O[C@@H]3OC(C)(C)O[C@@H]3[C@H]3OC(C)(C)O[C@H]32)C[C@@H](OC(C)=O)[C@H]1OC(C)=O. The van der Waals surface area contributed by atoms with E-state index in [2.05, 4.69) is 0 Å². The fourth-order valence-electron chi connectivity index (χ4n) is 6.68. The van der Waals surface area contributed by atoms with Crippen LogP contribution in [0.1, 0.15) is 89.0 Å². The Morgan fingerprint density at radius 3 is 1.92 bits per heavy atom. The van der Waals surface area contributed by atoms with Crippen molar-refractivity contribution < 1.29 is 81.2 Å². The zero-order chi connectivity index (χ0) is 37.6. The second kappa shape index (κ2) is 14.6. The minimum Gasteiger partial charge on any atom is -0.462 e. The number of aliphatic hydroxyl groups is 1. The van der Waals surface area contributed by atoms with Gasteiger partial charge in [-0.05, 0) is 48.5 Å². The van der Waals surface area contributed by atoms with Crippen LogP contribution in [0.25, 0.3) is 0 Å². The van der Waals surface area contributed by atoms with Crippen molar-refractivity contribution in [3.63, 3.8) is 0 Å². The Bertz CT molecular complexity index is 1310. The van der Waals surface area contributed by atoms with E-state index in [1.807, 2.05) is 0 Å². The molecule has 0 aromatic heterocycles. The molecule has 284 valence electrons. The molecule has 0 bridgehead atoms. The molecule has 0 spiro atoms. The van der Waals surface area contributed by atoms with Crippen molar-refractivity contribution in [1.82, 2.24) is 0 Å². The van der Waals surface area contributed by atoms with Crippen LogP contribution in [0.5, 0.6) is 0 Å². The molecule has 50 heavy (non-hydrogen) atoms. The predicted octanol–water partition coefficient (Wildman–Crippen LogP) is 1.36. The Labute approximate surface area is 290 Å². The summed E-state index contributed by atoms with van der Waals surface area (Å²) in [6, 6.07) is 0. The molecule has 17 nitrogen and oxygen atoms in total. The van der Waals surface area contributed by atoms with Crippen LogP contribution in [0.3, 0.4) is 0 Å². The van der Waals surface area contributed by atoms with Gasteiger partial charge in [-0.3, -0.25) is 19.2 Å². The van der Waals surface area contributed by atoms with Gasteiger partial charge in [0.15, 0.2) is 35.7 Å². The summed E-state index contributed by atoms with van der Waals surface area (Å²) < 4.78 is 64.7. The van der Waals surface area contributed by atoms with Crippen LogP contribution >= 0.6 is 0 Å². The van der Waals surface area contributed by atoms with Crippen molar-refractivity contribution in [1.29, 1.82) is 0 Å². The maximum absolute atomic E-state index is 14.3. The number of carbonyl (C=O) groups is 5. The van der Waals surface area contributed by atoms with Crippen LogP contribution in [0, 0.1) is 0 Å². The van der Waals surface area contributed by atoms with Crippen molar-refractivity contribution in [3.05, 3.63) is 0 Å². The molecule has 4 heterocycles. The highest BCUT2D eigenvalue weighted by Gasteiger charge is 2.65. The number of rotatable bonds is 10. The average Bonchev–Trinajstić information content (AvgIpc) is 3.43. The van der Waals surface area contributed by atoms with E-state index in [4.69, 9.17) is 52.1 Å². The molecular weight excluding hydrogens is 668 g/mol. The quantitative estimate of drug-likeness (QED) is 0.250. The van der Waals surface area contributed by atoms with Crippen molar-refractivity contribution >= 4 is 29.8 Å². The van der Waals surface area contributed by atoms with Crippen LogP contribution in [-0.2, 0) is 76.1 Å². The molecule has 4 aliphatic rings. The first-order valence-electron chi connectivity index (χ1n) is 16.5. The van der Waals surface area contributed by atoms with Crippen molar-refractivity contribution in [3.8, 4) is 0 Å². The van der Waals surface area contributed by atoms with Crippen LogP contribution in [0.15, 0.2) is 0 Å². The molecule has 0 amide bonds. The van der Waals surface area contributed by atoms with E-state index in [0.717, 1.165) is 27.7 Å². The lowest BCUT2D eigenvalue weighted by molar-refractivity contribution is -0.287. The third kappa shape index (κ3) is 9.29. The molecule has 4 rings (SSSR count). The molecular formula is C33H50O17. The number of aliphatic hydroxyl groups excluding tert-OH is 1. The maximum atomic E-state index is 14.3. The standard InChI is InChI=1S/C33H50O17/c1-15(34)40-14-21(42-17(3)36)25-23(43-18(4)37)20(41-16(2)35)13-33(48-25,29(39)50-30(5,6)7)22(38)12-19-24-26(46-31(8,9)45-24)27-28(44-19)49-32(10,11)47-27/h19-28,38H,12-14H2,1-11H3/t19-,20-,21-,22?,23-,24+,25-,26+,27-,28-,33+/m1/s1. The Hall–Kier alpha value is -2.93. The van der Waals surface area contributed by atoms with E-state index in [-0.39, 0.29) is 6.42 Å². The van der Waals surface area contributed by atoms with E-state index >= 15 is 0 Å². The molecule has 4 saturated heterocycles. The molecule has 1 unspecified atom stereocenters. The van der Waals surface area contributed by atoms with Crippen LogP contribution in [-0.4, -0.2) is 126 Å². The molecule has 0 radical (unpaired) electrons. The molecule has 4 aliphatic heterocycles. The van der Waals surface area contributed by atoms with E-state index in [1.54, 1.807) is 48.5 Å². The minimum atomic E-state index is -2.39. The van der Waals surface area contributed by atoms with Crippen LogP contribution < -0.4 is 0 Å². The third-order valence-corrected chi connectivity index (χ3v) is 8.28. The Kier molecular flexibility index (Phi) is 11.6. The molecule has 0 aromatic carbocycles. The van der Waals surface area contributed by atoms with Gasteiger partial charge in [0, 0.05) is 40.5 Å². The Balaban J connectivity index is 1.81. The van der Waals surface area contributed by atoms with Gasteiger partial charge in [-0.15, -0.1) is 0 Å². The normalized spacial score (nSPS) is 35.4. The minimum absolute atomic E-state index is 0.354. The second-order valence-electron chi connectivity index (χ2n) is 14.8. The molecule has 0 aromatic rings. The van der Waals surface area contributed by atoms with E-state index in [0.29, 0.717) is 0 Å². The lowest BCUT2D eigenvalue weighted by Gasteiger charge is -2.50. The highest BCUT2D eigenvalue weighted by Crippen LogP contribution is 2.47. The molecule has 4 fully saturated rings. The molecule has 1 N–H and O–H groups in total. The number of fused-ring (bicyclic) bond motifs is 3. The van der Waals surface area contributed by atoms with Gasteiger partial charge in [-0.25, -0.2) is 4.79 Å². The van der Waals surface area contributed by atoms with Gasteiger partial charge in [-0.1, -0.05) is 0 Å². The first-order valence-corrected chi connectivity index (χ1v) is 16.5. The van der Waals surface area contributed by atoms with Crippen molar-refractivity contribution in [2.24, 2.45) is 0 Å². The summed E-state index contributed by atoms with van der Waals surface area (Å²) in [5.74, 6) is -6.43. The topological polar surface area (TPSA) is 207 Å². The lowest BCUT2D eigenvalue weighted by Crippen LogP contribution is -2.69. The number of esters is 5. The summed E-state index contributed by atoms with van der Waals surface area (Å²) in [4.78, 5) is 63.3. The van der Waals surface area contributed by atoms with E-state index in [1.165, 1.54) is 0 Å². The zero-order valence-corrected chi connectivity index (χ0v) is 30.4. The van der Waals surface area contributed by atoms with Gasteiger partial charge < -0.3 is 57.2 Å². The van der Waals surface area contributed by atoms with Gasteiger partial charge in [-0.2, -0.15) is 0 Å². The smallest absolute Gasteiger partial charge is 0.341 e. The lowest BCUT2D eigenvalue weighted by atomic mass is 9.79. The first kappa shape index (κ1) is 39.8. The molecule has 11 atom stereocenters. The fraction of sp³-hybridized carbons (Fsp3) is 0.848. The number of ether oxygens (including phenoxy) is 11. The van der Waals surface area contributed by atoms with Crippen molar-refractivity contribution in [2.45, 2.75) is 173 Å². The summed E-state index contributed by atoms with van der Waals surface area (Å²) >= 11 is 0. The van der Waals surface area contributed by atoms with Gasteiger partial charge >= 0.3 is 29.8 Å². The zero-order valence-electron chi connectivity index (χ0n) is 30.4. The van der Waals surface area contributed by atoms with Crippen LogP contribution in [0.4, 0.5) is 0 Å². The average molecular weight is 719 g/mol.